The second-order valence-electron chi connectivity index (χ2n) is 6.19. The van der Waals surface area contributed by atoms with Crippen LogP contribution in [0.5, 0.6) is 5.75 Å². The Kier molecular flexibility index (Phi) is 9.56. The van der Waals surface area contributed by atoms with E-state index in [1.54, 1.807) is 38.1 Å². The largest absolute Gasteiger partial charge is 0.497 e. The van der Waals surface area contributed by atoms with Crippen LogP contribution in [-0.4, -0.2) is 55.0 Å². The van der Waals surface area contributed by atoms with Crippen LogP contribution in [0.2, 0.25) is 0 Å². The quantitative estimate of drug-likeness (QED) is 0.263. The second-order valence-corrected chi connectivity index (χ2v) is 6.19. The van der Waals surface area contributed by atoms with Gasteiger partial charge in [0.05, 0.1) is 13.2 Å². The highest BCUT2D eigenvalue weighted by molar-refractivity contribution is 6.25. The topological polar surface area (TPSA) is 127 Å². The Morgan fingerprint density at radius 1 is 1.18 bits per heavy atom. The van der Waals surface area contributed by atoms with E-state index >= 15 is 0 Å². The molecule has 0 saturated heterocycles. The molecule has 1 amide bonds. The first-order valence-electron chi connectivity index (χ1n) is 8.70. The van der Waals surface area contributed by atoms with Crippen LogP contribution in [0, 0.1) is 0 Å². The molecule has 0 spiro atoms. The summed E-state index contributed by atoms with van der Waals surface area (Å²) >= 11 is 0. The van der Waals surface area contributed by atoms with Gasteiger partial charge in [-0.2, -0.15) is 4.79 Å². The van der Waals surface area contributed by atoms with E-state index in [2.05, 4.69) is 10.1 Å². The van der Waals surface area contributed by atoms with Gasteiger partial charge in [0.1, 0.15) is 11.8 Å². The average Bonchev–Trinajstić information content (AvgIpc) is 2.65. The predicted molar refractivity (Wildman–Crippen MR) is 99.8 cm³/mol. The van der Waals surface area contributed by atoms with E-state index in [4.69, 9.17) is 19.7 Å². The predicted octanol–water partition coefficient (Wildman–Crippen LogP) is 1.47. The summed E-state index contributed by atoms with van der Waals surface area (Å²) in [6.07, 6.45) is -0.734. The number of rotatable bonds is 11. The van der Waals surface area contributed by atoms with E-state index < -0.39 is 29.8 Å². The zero-order valence-corrected chi connectivity index (χ0v) is 16.4. The second kappa shape index (κ2) is 11.6. The number of ketones is 1. The fourth-order valence-corrected chi connectivity index (χ4v) is 2.40. The first-order chi connectivity index (χ1) is 13.3. The van der Waals surface area contributed by atoms with Crippen molar-refractivity contribution in [3.05, 3.63) is 35.4 Å². The number of benzene rings is 1. The van der Waals surface area contributed by atoms with Gasteiger partial charge < -0.3 is 25.1 Å². The maximum absolute atomic E-state index is 12.7. The van der Waals surface area contributed by atoms with Crippen molar-refractivity contribution in [2.45, 2.75) is 44.9 Å². The summed E-state index contributed by atoms with van der Waals surface area (Å²) < 4.78 is 15.5. The average molecular weight is 391 g/mol. The molecule has 1 rings (SSSR count). The number of carbonyl (C=O) groups excluding carboxylic acids is 3. The molecule has 152 valence electrons. The number of carbonyl (C=O) groups is 3. The molecule has 28 heavy (non-hydrogen) atoms. The van der Waals surface area contributed by atoms with Crippen molar-refractivity contribution in [1.29, 1.82) is 0 Å². The first kappa shape index (κ1) is 23.0. The van der Waals surface area contributed by atoms with Crippen LogP contribution in [0.1, 0.15) is 38.4 Å². The van der Waals surface area contributed by atoms with Crippen LogP contribution in [0.4, 0.5) is 0 Å². The van der Waals surface area contributed by atoms with Crippen LogP contribution >= 0.6 is 0 Å². The van der Waals surface area contributed by atoms with Gasteiger partial charge in [-0.3, -0.25) is 9.59 Å². The minimum atomic E-state index is -1.05. The highest BCUT2D eigenvalue weighted by Crippen LogP contribution is 2.21. The summed E-state index contributed by atoms with van der Waals surface area (Å²) in [7, 11) is 2.90. The van der Waals surface area contributed by atoms with Gasteiger partial charge >= 0.3 is 12.2 Å². The number of nitrogens with zero attached hydrogens (tertiary/aromatic N) is 2. The molecule has 9 heteroatoms. The molecule has 0 saturated carbocycles. The van der Waals surface area contributed by atoms with Crippen LogP contribution < -0.4 is 10.1 Å². The standard InChI is InChI=1S/C19H25N3O6/c1-12(2)28-19(25)16(10-7-14(23)11-21-20)22-18(24)17(27-4)13-5-8-15(26-3)9-6-13/h5-6,8-9,11-12,16-17H,7,10H2,1-4H3,(H,22,24)/t16-,17-/m0/s1. The van der Waals surface area contributed by atoms with Crippen LogP contribution in [0.25, 0.3) is 5.53 Å². The molecule has 0 aliphatic rings. The van der Waals surface area contributed by atoms with Crippen LogP contribution in [0.3, 0.4) is 0 Å². The van der Waals surface area contributed by atoms with Gasteiger partial charge in [0.2, 0.25) is 5.78 Å². The highest BCUT2D eigenvalue weighted by atomic mass is 16.5. The molecule has 0 aliphatic heterocycles. The molecule has 0 fully saturated rings. The monoisotopic (exact) mass is 391 g/mol. The number of amides is 1. The number of esters is 1. The summed E-state index contributed by atoms with van der Waals surface area (Å²) in [5, 5.41) is 2.57. The number of Topliss-reactive ketones (excluding diaryl/α,β-unsaturated/α-hetero) is 1. The van der Waals surface area contributed by atoms with Crippen molar-refractivity contribution in [3.63, 3.8) is 0 Å². The van der Waals surface area contributed by atoms with Gasteiger partial charge in [0.25, 0.3) is 5.91 Å². The molecule has 9 nitrogen and oxygen atoms in total. The molecule has 0 heterocycles. The van der Waals surface area contributed by atoms with Gasteiger partial charge in [0.15, 0.2) is 6.10 Å². The first-order valence-corrected chi connectivity index (χ1v) is 8.70. The van der Waals surface area contributed by atoms with Gasteiger partial charge in [0, 0.05) is 13.5 Å². The van der Waals surface area contributed by atoms with E-state index in [1.165, 1.54) is 14.2 Å². The third-order valence-corrected chi connectivity index (χ3v) is 3.73. The summed E-state index contributed by atoms with van der Waals surface area (Å²) in [6.45, 7) is 3.35. The molecule has 0 unspecified atom stereocenters. The summed E-state index contributed by atoms with van der Waals surface area (Å²) in [5.41, 5.74) is 8.98. The van der Waals surface area contributed by atoms with E-state index in [0.717, 1.165) is 6.21 Å². The lowest BCUT2D eigenvalue weighted by molar-refractivity contribution is -0.152. The third kappa shape index (κ3) is 7.30. The molecule has 0 radical (unpaired) electrons. The van der Waals surface area contributed by atoms with Crippen molar-refractivity contribution < 1.29 is 33.4 Å². The summed E-state index contributed by atoms with van der Waals surface area (Å²) in [4.78, 5) is 39.2. The fourth-order valence-electron chi connectivity index (χ4n) is 2.40. The number of nitrogens with one attached hydrogen (secondary N) is 1. The number of hydrogen-bond acceptors (Lipinski definition) is 6. The summed E-state index contributed by atoms with van der Waals surface area (Å²) in [6, 6.07) is 5.67. The number of hydrogen-bond donors (Lipinski definition) is 1. The van der Waals surface area contributed by atoms with E-state index in [0.29, 0.717) is 11.3 Å². The lowest BCUT2D eigenvalue weighted by Crippen LogP contribution is -2.45. The molecule has 1 aromatic rings. The van der Waals surface area contributed by atoms with Crippen molar-refractivity contribution in [2.24, 2.45) is 0 Å². The highest BCUT2D eigenvalue weighted by Gasteiger charge is 2.28. The number of methoxy groups -OCH3 is 2. The van der Waals surface area contributed by atoms with Gasteiger partial charge in [-0.1, -0.05) is 12.1 Å². The van der Waals surface area contributed by atoms with Crippen molar-refractivity contribution in [3.8, 4) is 5.75 Å². The molecular formula is C19H25N3O6. The van der Waals surface area contributed by atoms with Crippen molar-refractivity contribution in [1.82, 2.24) is 5.32 Å². The van der Waals surface area contributed by atoms with E-state index in [1.807, 2.05) is 0 Å². The van der Waals surface area contributed by atoms with E-state index in [-0.39, 0.29) is 18.9 Å². The molecule has 2 atom stereocenters. The van der Waals surface area contributed by atoms with Crippen molar-refractivity contribution in [2.75, 3.05) is 14.2 Å². The minimum Gasteiger partial charge on any atom is -0.497 e. The Balaban J connectivity index is 2.92. The Morgan fingerprint density at radius 3 is 2.32 bits per heavy atom. The van der Waals surface area contributed by atoms with Gasteiger partial charge in [-0.05, 0) is 38.0 Å². The lowest BCUT2D eigenvalue weighted by atomic mass is 10.1. The Hall–Kier alpha value is -3.03. The van der Waals surface area contributed by atoms with Crippen LogP contribution in [-0.2, 0) is 23.9 Å². The molecule has 1 N–H and O–H groups in total. The zero-order chi connectivity index (χ0) is 21.1. The Morgan fingerprint density at radius 2 is 1.82 bits per heavy atom. The normalized spacial score (nSPS) is 12.5. The van der Waals surface area contributed by atoms with Crippen LogP contribution in [0.15, 0.2) is 24.3 Å². The fraction of sp³-hybridized carbons (Fsp3) is 0.474. The smallest absolute Gasteiger partial charge is 0.328 e. The molecular weight excluding hydrogens is 366 g/mol. The maximum Gasteiger partial charge on any atom is 0.328 e. The molecule has 0 aromatic heterocycles. The van der Waals surface area contributed by atoms with Crippen molar-refractivity contribution >= 4 is 23.9 Å². The summed E-state index contributed by atoms with van der Waals surface area (Å²) in [5.74, 6) is -1.08. The SMILES string of the molecule is COc1ccc([C@H](OC)C(=O)N[C@@H](CCC(=O)C=[N+]=[N-])C(=O)OC(C)C)cc1. The van der Waals surface area contributed by atoms with E-state index in [9.17, 15) is 14.4 Å². The molecule has 0 aliphatic carbocycles. The lowest BCUT2D eigenvalue weighted by Gasteiger charge is -2.22. The Bertz CT molecular complexity index is 726. The minimum absolute atomic E-state index is 0.0127. The molecule has 0 bridgehead atoms. The molecule has 1 aromatic carbocycles. The zero-order valence-electron chi connectivity index (χ0n) is 16.4. The number of ether oxygens (including phenoxy) is 3. The van der Waals surface area contributed by atoms with Gasteiger partial charge in [-0.25, -0.2) is 4.79 Å². The van der Waals surface area contributed by atoms with Gasteiger partial charge in [-0.15, -0.1) is 0 Å². The Labute approximate surface area is 163 Å². The third-order valence-electron chi connectivity index (χ3n) is 3.73. The maximum atomic E-state index is 12.7.